The van der Waals surface area contributed by atoms with Gasteiger partial charge in [0.2, 0.25) is 0 Å². The predicted molar refractivity (Wildman–Crippen MR) is 93.5 cm³/mol. The molecule has 1 saturated carbocycles. The van der Waals surface area contributed by atoms with Gasteiger partial charge in [-0.25, -0.2) is 0 Å². The molecule has 1 atom stereocenters. The van der Waals surface area contributed by atoms with E-state index in [0.29, 0.717) is 12.8 Å². The second-order valence-corrected chi connectivity index (χ2v) is 8.39. The van der Waals surface area contributed by atoms with Gasteiger partial charge < -0.3 is 9.80 Å². The van der Waals surface area contributed by atoms with Crippen molar-refractivity contribution < 1.29 is 9.59 Å². The van der Waals surface area contributed by atoms with Crippen LogP contribution in [0.3, 0.4) is 0 Å². The largest absolute Gasteiger partial charge is 0.309 e. The number of hydrogen-bond donors (Lipinski definition) is 0. The number of likely N-dealkylation sites (tertiary alicyclic amines) is 1. The third-order valence-corrected chi connectivity index (χ3v) is 6.42. The van der Waals surface area contributed by atoms with Gasteiger partial charge in [-0.05, 0) is 64.8 Å². The minimum absolute atomic E-state index is 0.0702. The summed E-state index contributed by atoms with van der Waals surface area (Å²) >= 11 is 0. The summed E-state index contributed by atoms with van der Waals surface area (Å²) in [6.45, 7) is 10.1. The molecule has 1 spiro atoms. The monoisotopic (exact) mass is 322 g/mol. The molecule has 2 aliphatic rings. The highest BCUT2D eigenvalue weighted by Crippen LogP contribution is 2.49. The number of hydrogen-bond acceptors (Lipinski definition) is 4. The zero-order valence-corrected chi connectivity index (χ0v) is 15.7. The molecule has 4 nitrogen and oxygen atoms in total. The smallest absolute Gasteiger partial charge is 0.147 e. The summed E-state index contributed by atoms with van der Waals surface area (Å²) in [4.78, 5) is 30.4. The molecule has 132 valence electrons. The number of carbonyl (C=O) groups is 2. The van der Waals surface area contributed by atoms with E-state index in [0.717, 1.165) is 45.4 Å². The van der Waals surface area contributed by atoms with Crippen LogP contribution in [0.15, 0.2) is 0 Å². The summed E-state index contributed by atoms with van der Waals surface area (Å²) in [6, 6.07) is 0. The van der Waals surface area contributed by atoms with Gasteiger partial charge in [0, 0.05) is 19.4 Å². The van der Waals surface area contributed by atoms with Gasteiger partial charge >= 0.3 is 0 Å². The van der Waals surface area contributed by atoms with Crippen LogP contribution < -0.4 is 0 Å². The molecule has 23 heavy (non-hydrogen) atoms. The molecule has 0 N–H and O–H groups in total. The Hall–Kier alpha value is -0.740. The normalized spacial score (nSPS) is 33.8. The maximum atomic E-state index is 12.9. The van der Waals surface area contributed by atoms with Crippen molar-refractivity contribution in [2.45, 2.75) is 52.9 Å². The number of Topliss-reactive ketones (excluding diaryl/α,β-unsaturated/α-hetero) is 2. The molecule has 0 aromatic heterocycles. The number of carbonyl (C=O) groups excluding carboxylic acids is 2. The number of nitrogens with zero attached hydrogens (tertiary/aromatic N) is 2. The minimum Gasteiger partial charge on any atom is -0.309 e. The predicted octanol–water partition coefficient (Wildman–Crippen LogP) is 2.61. The zero-order valence-electron chi connectivity index (χ0n) is 15.7. The van der Waals surface area contributed by atoms with E-state index in [9.17, 15) is 9.59 Å². The van der Waals surface area contributed by atoms with E-state index in [4.69, 9.17) is 0 Å². The van der Waals surface area contributed by atoms with Crippen molar-refractivity contribution in [2.75, 3.05) is 40.3 Å². The molecular weight excluding hydrogens is 288 g/mol. The molecular formula is C19H34N2O2. The molecule has 1 unspecified atom stereocenters. The van der Waals surface area contributed by atoms with Crippen molar-refractivity contribution in [1.29, 1.82) is 0 Å². The summed E-state index contributed by atoms with van der Waals surface area (Å²) in [5, 5.41) is 0. The van der Waals surface area contributed by atoms with Crippen LogP contribution in [-0.4, -0.2) is 61.6 Å². The van der Waals surface area contributed by atoms with Gasteiger partial charge in [0.25, 0.3) is 0 Å². The Bertz CT molecular complexity index is 440. The highest BCUT2D eigenvalue weighted by Gasteiger charge is 2.55. The van der Waals surface area contributed by atoms with Crippen LogP contribution >= 0.6 is 0 Å². The van der Waals surface area contributed by atoms with Gasteiger partial charge in [-0.1, -0.05) is 20.3 Å². The molecule has 1 aliphatic carbocycles. The minimum atomic E-state index is -0.738. The van der Waals surface area contributed by atoms with E-state index in [1.54, 1.807) is 0 Å². The first-order valence-electron chi connectivity index (χ1n) is 9.17. The molecule has 2 fully saturated rings. The molecule has 0 radical (unpaired) electrons. The maximum absolute atomic E-state index is 12.9. The lowest BCUT2D eigenvalue weighted by atomic mass is 9.58. The lowest BCUT2D eigenvalue weighted by Crippen LogP contribution is -2.51. The lowest BCUT2D eigenvalue weighted by molar-refractivity contribution is -0.151. The summed E-state index contributed by atoms with van der Waals surface area (Å²) in [6.07, 6.45) is 4.24. The molecule has 0 bridgehead atoms. The van der Waals surface area contributed by atoms with Crippen molar-refractivity contribution in [1.82, 2.24) is 9.80 Å². The third-order valence-electron chi connectivity index (χ3n) is 6.42. The Morgan fingerprint density at radius 2 is 1.83 bits per heavy atom. The van der Waals surface area contributed by atoms with Crippen molar-refractivity contribution in [3.05, 3.63) is 0 Å². The highest BCUT2D eigenvalue weighted by molar-refractivity contribution is 6.09. The van der Waals surface area contributed by atoms with Gasteiger partial charge in [0.05, 0.1) is 5.41 Å². The van der Waals surface area contributed by atoms with E-state index in [-0.39, 0.29) is 22.9 Å². The first-order chi connectivity index (χ1) is 10.7. The number of rotatable bonds is 6. The van der Waals surface area contributed by atoms with Crippen LogP contribution in [0.4, 0.5) is 0 Å². The van der Waals surface area contributed by atoms with Crippen LogP contribution in [0.2, 0.25) is 0 Å². The summed E-state index contributed by atoms with van der Waals surface area (Å²) < 4.78 is 0. The van der Waals surface area contributed by atoms with Crippen molar-refractivity contribution in [3.8, 4) is 0 Å². The first-order valence-corrected chi connectivity index (χ1v) is 9.17. The van der Waals surface area contributed by atoms with Crippen molar-refractivity contribution in [2.24, 2.45) is 16.7 Å². The zero-order chi connectivity index (χ0) is 17.3. The Morgan fingerprint density at radius 3 is 2.35 bits per heavy atom. The van der Waals surface area contributed by atoms with E-state index >= 15 is 0 Å². The lowest BCUT2D eigenvalue weighted by Gasteiger charge is -2.43. The summed E-state index contributed by atoms with van der Waals surface area (Å²) in [5.41, 5.74) is -0.808. The first kappa shape index (κ1) is 18.6. The highest BCUT2D eigenvalue weighted by atomic mass is 16.2. The maximum Gasteiger partial charge on any atom is 0.147 e. The van der Waals surface area contributed by atoms with Crippen LogP contribution in [0.5, 0.6) is 0 Å². The van der Waals surface area contributed by atoms with Gasteiger partial charge in [0.15, 0.2) is 0 Å². The molecule has 2 rings (SSSR count). The van der Waals surface area contributed by atoms with Gasteiger partial charge in [-0.2, -0.15) is 0 Å². The average molecular weight is 322 g/mol. The SMILES string of the molecule is CCC(C)C1(C)C(=O)CC2(CCN(CCCN(C)C)C2)CC1=O. The summed E-state index contributed by atoms with van der Waals surface area (Å²) in [5.74, 6) is 0.536. The Labute approximate surface area is 141 Å². The molecule has 0 aromatic carbocycles. The molecule has 1 heterocycles. The summed E-state index contributed by atoms with van der Waals surface area (Å²) in [7, 11) is 4.19. The quantitative estimate of drug-likeness (QED) is 0.705. The molecule has 1 aliphatic heterocycles. The Balaban J connectivity index is 1.99. The number of ketones is 2. The van der Waals surface area contributed by atoms with Crippen LogP contribution in [0, 0.1) is 16.7 Å². The fraction of sp³-hybridized carbons (Fsp3) is 0.895. The second kappa shape index (κ2) is 7.02. The topological polar surface area (TPSA) is 40.6 Å². The Morgan fingerprint density at radius 1 is 1.22 bits per heavy atom. The van der Waals surface area contributed by atoms with E-state index < -0.39 is 5.41 Å². The third kappa shape index (κ3) is 3.69. The van der Waals surface area contributed by atoms with Crippen LogP contribution in [-0.2, 0) is 9.59 Å². The van der Waals surface area contributed by atoms with E-state index in [2.05, 4.69) is 37.7 Å². The van der Waals surface area contributed by atoms with Crippen LogP contribution in [0.25, 0.3) is 0 Å². The van der Waals surface area contributed by atoms with Crippen LogP contribution in [0.1, 0.15) is 52.9 Å². The molecule has 0 amide bonds. The van der Waals surface area contributed by atoms with Gasteiger partial charge in [-0.15, -0.1) is 0 Å². The van der Waals surface area contributed by atoms with Gasteiger partial charge in [0.1, 0.15) is 11.6 Å². The fourth-order valence-electron chi connectivity index (χ4n) is 4.34. The molecule has 1 saturated heterocycles. The average Bonchev–Trinajstić information content (AvgIpc) is 2.86. The van der Waals surface area contributed by atoms with Gasteiger partial charge in [-0.3, -0.25) is 9.59 Å². The second-order valence-electron chi connectivity index (χ2n) is 8.39. The Kier molecular flexibility index (Phi) is 5.68. The molecule has 0 aromatic rings. The fourth-order valence-corrected chi connectivity index (χ4v) is 4.34. The van der Waals surface area contributed by atoms with Crippen molar-refractivity contribution >= 4 is 11.6 Å². The standard InChI is InChI=1S/C19H34N2O2/c1-6-15(2)18(3)16(22)12-19(13-17(18)23)8-11-21(14-19)10-7-9-20(4)5/h15H,6-14H2,1-5H3. The van der Waals surface area contributed by atoms with E-state index in [1.807, 2.05) is 6.92 Å². The molecule has 4 heteroatoms. The van der Waals surface area contributed by atoms with Crippen molar-refractivity contribution in [3.63, 3.8) is 0 Å². The van der Waals surface area contributed by atoms with E-state index in [1.165, 1.54) is 0 Å².